The quantitative estimate of drug-likeness (QED) is 0.896. The van der Waals surface area contributed by atoms with Crippen molar-refractivity contribution in [2.24, 2.45) is 0 Å². The molecule has 1 N–H and O–H groups in total. The lowest BCUT2D eigenvalue weighted by molar-refractivity contribution is 0.147. The molecule has 0 aliphatic carbocycles. The number of ether oxygens (including phenoxy) is 1. The van der Waals surface area contributed by atoms with E-state index in [9.17, 15) is 18.3 Å². The molecule has 2 aliphatic rings. The highest BCUT2D eigenvalue weighted by Crippen LogP contribution is 2.36. The van der Waals surface area contributed by atoms with Crippen molar-refractivity contribution >= 4 is 15.9 Å². The minimum Gasteiger partial charge on any atom is -0.494 e. The first-order valence-corrected chi connectivity index (χ1v) is 8.48. The van der Waals surface area contributed by atoms with Crippen LogP contribution in [0, 0.1) is 0 Å². The van der Waals surface area contributed by atoms with Crippen molar-refractivity contribution in [3.63, 3.8) is 0 Å². The number of benzene rings is 1. The zero-order valence-electron chi connectivity index (χ0n) is 11.8. The van der Waals surface area contributed by atoms with Gasteiger partial charge in [-0.1, -0.05) is 30.3 Å². The van der Waals surface area contributed by atoms with Gasteiger partial charge in [-0.3, -0.25) is 0 Å². The number of sulfone groups is 1. The predicted octanol–water partition coefficient (Wildman–Crippen LogP) is 1.22. The van der Waals surface area contributed by atoms with E-state index in [2.05, 4.69) is 0 Å². The van der Waals surface area contributed by atoms with Crippen LogP contribution in [0.1, 0.15) is 10.9 Å². The maximum Gasteiger partial charge on any atom is 0.409 e. The van der Waals surface area contributed by atoms with Gasteiger partial charge in [-0.2, -0.15) is 0 Å². The van der Waals surface area contributed by atoms with Crippen LogP contribution in [0.4, 0.5) is 4.79 Å². The first-order valence-electron chi connectivity index (χ1n) is 6.87. The number of cyclic esters (lactones) is 1. The average Bonchev–Trinajstić information content (AvgIpc) is 2.97. The number of rotatable bonds is 4. The fraction of sp³-hybridized carbons (Fsp3) is 0.357. The number of amides is 1. The molecule has 0 bridgehead atoms. The topological polar surface area (TPSA) is 87.2 Å². The molecule has 1 aromatic rings. The molecule has 0 radical (unpaired) electrons. The monoisotopic (exact) mass is 324 g/mol. The van der Waals surface area contributed by atoms with Crippen LogP contribution >= 0.6 is 0 Å². The van der Waals surface area contributed by atoms with Crippen molar-refractivity contribution in [1.82, 2.24) is 9.80 Å². The average molecular weight is 324 g/mol. The van der Waals surface area contributed by atoms with E-state index in [4.69, 9.17) is 4.74 Å². The Morgan fingerprint density at radius 3 is 2.59 bits per heavy atom. The van der Waals surface area contributed by atoms with Gasteiger partial charge in [0.15, 0.2) is 11.3 Å². The summed E-state index contributed by atoms with van der Waals surface area (Å²) in [5.41, 5.74) is 0.576. The van der Waals surface area contributed by atoms with Crippen LogP contribution in [0.3, 0.4) is 0 Å². The van der Waals surface area contributed by atoms with Gasteiger partial charge in [-0.05, 0) is 5.56 Å². The van der Waals surface area contributed by atoms with Crippen molar-refractivity contribution < 1.29 is 23.1 Å². The predicted molar refractivity (Wildman–Crippen MR) is 78.4 cm³/mol. The minimum absolute atomic E-state index is 0.205. The summed E-state index contributed by atoms with van der Waals surface area (Å²) in [5, 5.41) is 9.87. The van der Waals surface area contributed by atoms with Crippen LogP contribution in [-0.2, 0) is 14.6 Å². The van der Waals surface area contributed by atoms with E-state index in [1.165, 1.54) is 9.80 Å². The van der Waals surface area contributed by atoms with E-state index in [1.54, 1.807) is 30.3 Å². The van der Waals surface area contributed by atoms with E-state index < -0.39 is 21.3 Å². The molecule has 1 fully saturated rings. The Morgan fingerprint density at radius 2 is 1.95 bits per heavy atom. The van der Waals surface area contributed by atoms with E-state index >= 15 is 0 Å². The molecule has 118 valence electrons. The lowest BCUT2D eigenvalue weighted by Gasteiger charge is -2.27. The second kappa shape index (κ2) is 5.53. The summed E-state index contributed by atoms with van der Waals surface area (Å²) < 4.78 is 29.4. The molecule has 1 unspecified atom stereocenters. The molecule has 1 amide bonds. The van der Waals surface area contributed by atoms with Gasteiger partial charge >= 0.3 is 6.09 Å². The summed E-state index contributed by atoms with van der Waals surface area (Å²) >= 11 is 0. The lowest BCUT2D eigenvalue weighted by atomic mass is 10.2. The van der Waals surface area contributed by atoms with E-state index in [1.807, 2.05) is 0 Å². The van der Waals surface area contributed by atoms with Gasteiger partial charge in [-0.25, -0.2) is 13.2 Å². The van der Waals surface area contributed by atoms with Crippen molar-refractivity contribution in [3.8, 4) is 0 Å². The van der Waals surface area contributed by atoms with Gasteiger partial charge in [0.05, 0.1) is 12.0 Å². The molecule has 1 saturated heterocycles. The third-order valence-electron chi connectivity index (χ3n) is 3.70. The molecule has 3 rings (SSSR count). The van der Waals surface area contributed by atoms with Gasteiger partial charge in [0.1, 0.15) is 6.61 Å². The van der Waals surface area contributed by atoms with Gasteiger partial charge in [0.25, 0.3) is 0 Å². The Balaban J connectivity index is 1.81. The third kappa shape index (κ3) is 2.61. The molecule has 7 nitrogen and oxygen atoms in total. The maximum absolute atomic E-state index is 12.3. The van der Waals surface area contributed by atoms with Gasteiger partial charge < -0.3 is 19.6 Å². The van der Waals surface area contributed by atoms with Gasteiger partial charge in [-0.15, -0.1) is 0 Å². The second-order valence-electron chi connectivity index (χ2n) is 5.12. The highest BCUT2D eigenvalue weighted by Gasteiger charge is 2.40. The van der Waals surface area contributed by atoms with Crippen molar-refractivity contribution in [2.45, 2.75) is 5.37 Å². The first kappa shape index (κ1) is 14.7. The lowest BCUT2D eigenvalue weighted by Crippen LogP contribution is -2.36. The number of aliphatic hydroxyl groups excluding tert-OH is 1. The molecule has 0 aromatic heterocycles. The number of nitrogens with zero attached hydrogens (tertiary/aromatic N) is 2. The highest BCUT2D eigenvalue weighted by atomic mass is 32.2. The standard InChI is InChI=1S/C14H16N2O5S/c17-12-10-22(19,20)13(11-4-2-1-3-5-11)16(12)7-6-15-8-9-21-14(15)18/h1-5,10,13,17H,6-9H2. The fourth-order valence-corrected chi connectivity index (χ4v) is 4.32. The van der Waals surface area contributed by atoms with Crippen molar-refractivity contribution in [2.75, 3.05) is 26.2 Å². The minimum atomic E-state index is -3.62. The zero-order chi connectivity index (χ0) is 15.7. The Labute approximate surface area is 128 Å². The molecule has 8 heteroatoms. The van der Waals surface area contributed by atoms with Crippen molar-refractivity contribution in [1.29, 1.82) is 0 Å². The van der Waals surface area contributed by atoms with Crippen molar-refractivity contribution in [3.05, 3.63) is 47.2 Å². The zero-order valence-corrected chi connectivity index (χ0v) is 12.6. The Hall–Kier alpha value is -2.22. The summed E-state index contributed by atoms with van der Waals surface area (Å²) in [6, 6.07) is 8.69. The van der Waals surface area contributed by atoms with E-state index in [0.29, 0.717) is 18.7 Å². The molecular weight excluding hydrogens is 308 g/mol. The molecule has 2 heterocycles. The van der Waals surface area contributed by atoms with E-state index in [0.717, 1.165) is 5.41 Å². The molecule has 1 aromatic carbocycles. The summed E-state index contributed by atoms with van der Waals surface area (Å²) in [6.45, 7) is 1.30. The number of hydrogen-bond acceptors (Lipinski definition) is 6. The smallest absolute Gasteiger partial charge is 0.409 e. The first-order chi connectivity index (χ1) is 10.5. The largest absolute Gasteiger partial charge is 0.494 e. The summed E-state index contributed by atoms with van der Waals surface area (Å²) in [4.78, 5) is 14.3. The van der Waals surface area contributed by atoms with Crippen LogP contribution in [0.5, 0.6) is 0 Å². The van der Waals surface area contributed by atoms with Crippen LogP contribution in [-0.4, -0.2) is 55.7 Å². The highest BCUT2D eigenvalue weighted by molar-refractivity contribution is 7.94. The van der Waals surface area contributed by atoms with Crippen LogP contribution in [0.25, 0.3) is 0 Å². The van der Waals surface area contributed by atoms with Gasteiger partial charge in [0.2, 0.25) is 9.84 Å². The number of carbonyl (C=O) groups excluding carboxylic acids is 1. The Kier molecular flexibility index (Phi) is 3.69. The SMILES string of the molecule is O=C1OCCN1CCN1C(O)=CS(=O)(=O)C1c1ccccc1. The van der Waals surface area contributed by atoms with Gasteiger partial charge in [0, 0.05) is 13.1 Å². The summed E-state index contributed by atoms with van der Waals surface area (Å²) in [5.74, 6) is -0.304. The van der Waals surface area contributed by atoms with Crippen LogP contribution < -0.4 is 0 Å². The number of aliphatic hydroxyl groups is 1. The molecule has 0 saturated carbocycles. The van der Waals surface area contributed by atoms with Crippen LogP contribution in [0.2, 0.25) is 0 Å². The maximum atomic E-state index is 12.3. The normalized spacial score (nSPS) is 23.5. The Bertz CT molecular complexity index is 701. The van der Waals surface area contributed by atoms with Crippen LogP contribution in [0.15, 0.2) is 41.6 Å². The fourth-order valence-electron chi connectivity index (χ4n) is 2.65. The molecule has 1 atom stereocenters. The number of hydrogen-bond donors (Lipinski definition) is 1. The molecule has 2 aliphatic heterocycles. The molecule has 0 spiro atoms. The summed E-state index contributed by atoms with van der Waals surface area (Å²) in [6.07, 6.45) is -0.415. The number of carbonyl (C=O) groups is 1. The molecular formula is C14H16N2O5S. The Morgan fingerprint density at radius 1 is 1.23 bits per heavy atom. The molecule has 22 heavy (non-hydrogen) atoms. The second-order valence-corrected chi connectivity index (χ2v) is 6.98. The third-order valence-corrected chi connectivity index (χ3v) is 5.39. The summed E-state index contributed by atoms with van der Waals surface area (Å²) in [7, 11) is -3.62. The van der Waals surface area contributed by atoms with E-state index in [-0.39, 0.29) is 19.0 Å².